The monoisotopic (exact) mass is 413 g/mol. The molecule has 144 valence electrons. The van der Waals surface area contributed by atoms with Crippen molar-refractivity contribution >= 4 is 38.9 Å². The predicted octanol–water partition coefficient (Wildman–Crippen LogP) is 2.52. The van der Waals surface area contributed by atoms with E-state index in [-0.39, 0.29) is 5.75 Å². The molecular weight excluding hydrogens is 398 g/mol. The molecule has 2 aromatic carbocycles. The average molecular weight is 414 g/mol. The highest BCUT2D eigenvalue weighted by Crippen LogP contribution is 2.30. The summed E-state index contributed by atoms with van der Waals surface area (Å²) in [5.41, 5.74) is -0.0776. The molecule has 0 fully saturated rings. The molecule has 0 saturated heterocycles. The molecule has 0 aliphatic rings. The highest BCUT2D eigenvalue weighted by molar-refractivity contribution is 7.89. The highest BCUT2D eigenvalue weighted by Gasteiger charge is 2.28. The van der Waals surface area contributed by atoms with Crippen LogP contribution in [0.2, 0.25) is 5.02 Å². The molecule has 0 saturated carbocycles. The van der Waals surface area contributed by atoms with Gasteiger partial charge in [0.25, 0.3) is 5.69 Å². The Kier molecular flexibility index (Phi) is 6.37. The maximum atomic E-state index is 12.8. The first-order chi connectivity index (χ1) is 12.7. The van der Waals surface area contributed by atoms with E-state index in [9.17, 15) is 23.3 Å². The summed E-state index contributed by atoms with van der Waals surface area (Å²) >= 11 is 5.95. The van der Waals surface area contributed by atoms with Crippen molar-refractivity contribution in [2.24, 2.45) is 0 Å². The fourth-order valence-corrected chi connectivity index (χ4v) is 3.67. The third kappa shape index (κ3) is 4.73. The quantitative estimate of drug-likeness (QED) is 0.550. The van der Waals surface area contributed by atoms with E-state index in [0.29, 0.717) is 10.7 Å². The fraction of sp³-hybridized carbons (Fsp3) is 0.188. The van der Waals surface area contributed by atoms with E-state index in [1.54, 1.807) is 24.3 Å². The average Bonchev–Trinajstić information content (AvgIpc) is 2.62. The first-order valence-corrected chi connectivity index (χ1v) is 9.31. The van der Waals surface area contributed by atoms with Crippen molar-refractivity contribution in [2.75, 3.05) is 26.0 Å². The van der Waals surface area contributed by atoms with Crippen LogP contribution in [0.5, 0.6) is 5.75 Å². The number of nitrogens with one attached hydrogen (secondary N) is 1. The Balaban J connectivity index is 2.26. The summed E-state index contributed by atoms with van der Waals surface area (Å²) < 4.78 is 31.3. The molecule has 27 heavy (non-hydrogen) atoms. The second-order valence-corrected chi connectivity index (χ2v) is 7.80. The largest absolute Gasteiger partial charge is 0.495 e. The number of nitro benzene ring substituents is 1. The second kappa shape index (κ2) is 8.33. The molecule has 2 aromatic rings. The summed E-state index contributed by atoms with van der Waals surface area (Å²) in [4.78, 5) is 22.0. The number of ether oxygens (including phenoxy) is 1. The normalized spacial score (nSPS) is 11.3. The van der Waals surface area contributed by atoms with Gasteiger partial charge in [-0.05, 0) is 18.2 Å². The molecule has 0 unspecified atom stereocenters. The number of halogens is 1. The van der Waals surface area contributed by atoms with Gasteiger partial charge in [0.05, 0.1) is 29.3 Å². The molecule has 0 aromatic heterocycles. The molecular formula is C16H16ClN3O6S. The van der Waals surface area contributed by atoms with Crippen molar-refractivity contribution in [1.82, 2.24) is 4.31 Å². The Morgan fingerprint density at radius 2 is 1.96 bits per heavy atom. The van der Waals surface area contributed by atoms with Gasteiger partial charge in [0.1, 0.15) is 10.6 Å². The number of carbonyl (C=O) groups excluding carboxylic acids is 1. The van der Waals surface area contributed by atoms with Crippen LogP contribution in [0.25, 0.3) is 0 Å². The fourth-order valence-electron chi connectivity index (χ4n) is 2.19. The van der Waals surface area contributed by atoms with Crippen LogP contribution in [0.4, 0.5) is 11.4 Å². The Labute approximate surface area is 160 Å². The van der Waals surface area contributed by atoms with Crippen LogP contribution < -0.4 is 10.1 Å². The van der Waals surface area contributed by atoms with Crippen molar-refractivity contribution in [1.29, 1.82) is 0 Å². The summed E-state index contributed by atoms with van der Waals surface area (Å²) in [6.45, 7) is -0.528. The van der Waals surface area contributed by atoms with Crippen LogP contribution in [-0.2, 0) is 14.8 Å². The number of benzene rings is 2. The minimum absolute atomic E-state index is 0.0704. The first kappa shape index (κ1) is 20.6. The SMILES string of the molecule is COc1ccc([N+](=O)[O-])cc1S(=O)(=O)N(C)CC(=O)Nc1ccccc1Cl. The van der Waals surface area contributed by atoms with E-state index in [4.69, 9.17) is 16.3 Å². The Morgan fingerprint density at radius 3 is 2.56 bits per heavy atom. The second-order valence-electron chi connectivity index (χ2n) is 5.38. The number of likely N-dealkylation sites (N-methyl/N-ethyl adjacent to an activating group) is 1. The third-order valence-corrected chi connectivity index (χ3v) is 5.71. The van der Waals surface area contributed by atoms with Crippen LogP contribution in [0.3, 0.4) is 0 Å². The minimum atomic E-state index is -4.23. The van der Waals surface area contributed by atoms with Gasteiger partial charge < -0.3 is 10.1 Å². The van der Waals surface area contributed by atoms with E-state index < -0.39 is 38.0 Å². The topological polar surface area (TPSA) is 119 Å². The summed E-state index contributed by atoms with van der Waals surface area (Å²) in [7, 11) is -1.80. The van der Waals surface area contributed by atoms with Gasteiger partial charge in [0.2, 0.25) is 15.9 Å². The summed E-state index contributed by atoms with van der Waals surface area (Å²) in [6.07, 6.45) is 0. The van der Waals surface area contributed by atoms with Crippen molar-refractivity contribution in [3.05, 3.63) is 57.6 Å². The minimum Gasteiger partial charge on any atom is -0.495 e. The van der Waals surface area contributed by atoms with Gasteiger partial charge in [-0.15, -0.1) is 0 Å². The number of methoxy groups -OCH3 is 1. The molecule has 0 heterocycles. The third-order valence-electron chi connectivity index (χ3n) is 3.56. The lowest BCUT2D eigenvalue weighted by Crippen LogP contribution is -2.35. The Hall–Kier alpha value is -2.69. The number of carbonyl (C=O) groups is 1. The number of nitro groups is 1. The number of hydrogen-bond donors (Lipinski definition) is 1. The lowest BCUT2D eigenvalue weighted by atomic mass is 10.3. The first-order valence-electron chi connectivity index (χ1n) is 7.50. The molecule has 0 aliphatic heterocycles. The summed E-state index contributed by atoms with van der Waals surface area (Å²) in [6, 6.07) is 9.68. The van der Waals surface area contributed by atoms with Gasteiger partial charge in [-0.1, -0.05) is 23.7 Å². The van der Waals surface area contributed by atoms with Gasteiger partial charge >= 0.3 is 0 Å². The molecule has 2 rings (SSSR count). The predicted molar refractivity (Wildman–Crippen MR) is 99.5 cm³/mol. The van der Waals surface area contributed by atoms with Crippen LogP contribution >= 0.6 is 11.6 Å². The molecule has 0 radical (unpaired) electrons. The number of sulfonamides is 1. The number of nitrogens with zero attached hydrogens (tertiary/aromatic N) is 2. The summed E-state index contributed by atoms with van der Waals surface area (Å²) in [5.74, 6) is -0.697. The Morgan fingerprint density at radius 1 is 1.30 bits per heavy atom. The molecule has 1 N–H and O–H groups in total. The molecule has 0 atom stereocenters. The smallest absolute Gasteiger partial charge is 0.271 e. The Bertz CT molecular complexity index is 980. The van der Waals surface area contributed by atoms with Crippen molar-refractivity contribution in [3.8, 4) is 5.75 Å². The molecule has 1 amide bonds. The number of hydrogen-bond acceptors (Lipinski definition) is 6. The van der Waals surface area contributed by atoms with E-state index in [2.05, 4.69) is 5.32 Å². The van der Waals surface area contributed by atoms with Gasteiger partial charge in [-0.2, -0.15) is 4.31 Å². The van der Waals surface area contributed by atoms with Gasteiger partial charge in [-0.3, -0.25) is 14.9 Å². The maximum Gasteiger partial charge on any atom is 0.271 e. The molecule has 11 heteroatoms. The number of anilines is 1. The van der Waals surface area contributed by atoms with Crippen LogP contribution in [0, 0.1) is 10.1 Å². The number of rotatable bonds is 7. The summed E-state index contributed by atoms with van der Waals surface area (Å²) in [5, 5.41) is 13.8. The lowest BCUT2D eigenvalue weighted by Gasteiger charge is -2.18. The van der Waals surface area contributed by atoms with Crippen molar-refractivity contribution in [3.63, 3.8) is 0 Å². The number of para-hydroxylation sites is 1. The number of amides is 1. The van der Waals surface area contributed by atoms with Crippen LogP contribution in [0.15, 0.2) is 47.4 Å². The molecule has 0 bridgehead atoms. The standard InChI is InChI=1S/C16H16ClN3O6S/c1-19(10-16(21)18-13-6-4-3-5-12(13)17)27(24,25)15-9-11(20(22)23)7-8-14(15)26-2/h3-9H,10H2,1-2H3,(H,18,21). The van der Waals surface area contributed by atoms with E-state index in [0.717, 1.165) is 16.4 Å². The van der Waals surface area contributed by atoms with Crippen molar-refractivity contribution in [2.45, 2.75) is 4.90 Å². The molecule has 0 spiro atoms. The van der Waals surface area contributed by atoms with E-state index >= 15 is 0 Å². The van der Waals surface area contributed by atoms with E-state index in [1.165, 1.54) is 20.2 Å². The van der Waals surface area contributed by atoms with Crippen LogP contribution in [-0.4, -0.2) is 44.3 Å². The number of non-ortho nitro benzene ring substituents is 1. The van der Waals surface area contributed by atoms with E-state index in [1.807, 2.05) is 0 Å². The maximum absolute atomic E-state index is 12.8. The zero-order valence-electron chi connectivity index (χ0n) is 14.4. The zero-order chi connectivity index (χ0) is 20.2. The highest BCUT2D eigenvalue weighted by atomic mass is 35.5. The zero-order valence-corrected chi connectivity index (χ0v) is 16.0. The van der Waals surface area contributed by atoms with Crippen LogP contribution in [0.1, 0.15) is 0 Å². The van der Waals surface area contributed by atoms with Gasteiger partial charge in [0.15, 0.2) is 0 Å². The lowest BCUT2D eigenvalue weighted by molar-refractivity contribution is -0.385. The molecule has 9 nitrogen and oxygen atoms in total. The van der Waals surface area contributed by atoms with Gasteiger partial charge in [-0.25, -0.2) is 8.42 Å². The van der Waals surface area contributed by atoms with Gasteiger partial charge in [0, 0.05) is 19.2 Å². The van der Waals surface area contributed by atoms with Crippen molar-refractivity contribution < 1.29 is 22.9 Å². The molecule has 0 aliphatic carbocycles.